The van der Waals surface area contributed by atoms with Gasteiger partial charge in [0.05, 0.1) is 17.2 Å². The zero-order valence-electron chi connectivity index (χ0n) is 18.9. The molecule has 164 valence electrons. The Morgan fingerprint density at radius 3 is 2.67 bits per heavy atom. The van der Waals surface area contributed by atoms with Gasteiger partial charge >= 0.3 is 0 Å². The van der Waals surface area contributed by atoms with Crippen molar-refractivity contribution < 1.29 is 0 Å². The van der Waals surface area contributed by atoms with Crippen LogP contribution < -0.4 is 10.2 Å². The Labute approximate surface area is 185 Å². The molecule has 1 aromatic carbocycles. The van der Waals surface area contributed by atoms with Crippen molar-refractivity contribution in [1.82, 2.24) is 20.1 Å². The Morgan fingerprint density at radius 2 is 2.00 bits per heavy atom. The lowest BCUT2D eigenvalue weighted by molar-refractivity contribution is 0.253. The Morgan fingerprint density at radius 1 is 1.20 bits per heavy atom. The second-order valence-corrected chi connectivity index (χ2v) is 9.12. The van der Waals surface area contributed by atoms with Gasteiger partial charge in [0.2, 0.25) is 0 Å². The Bertz CT molecular complexity index is 810. The number of nitrogens with one attached hydrogen (secondary N) is 1. The van der Waals surface area contributed by atoms with E-state index in [1.807, 2.05) is 14.0 Å². The summed E-state index contributed by atoms with van der Waals surface area (Å²) in [5, 5.41) is 6.73. The summed E-state index contributed by atoms with van der Waals surface area (Å²) in [6, 6.07) is 8.85. The van der Waals surface area contributed by atoms with Crippen molar-refractivity contribution in [3.05, 3.63) is 45.9 Å². The zero-order valence-corrected chi connectivity index (χ0v) is 19.7. The van der Waals surface area contributed by atoms with E-state index < -0.39 is 0 Å². The first-order chi connectivity index (χ1) is 14.5. The first kappa shape index (κ1) is 22.6. The highest BCUT2D eigenvalue weighted by molar-refractivity contribution is 7.09. The third-order valence-electron chi connectivity index (χ3n) is 5.56. The topological polar surface area (TPSA) is 47.0 Å². The molecule has 1 aromatic heterocycles. The molecule has 0 atom stereocenters. The number of hydrogen-bond donors (Lipinski definition) is 1. The molecule has 1 N–H and O–H groups in total. The second kappa shape index (κ2) is 11.3. The van der Waals surface area contributed by atoms with E-state index in [2.05, 4.69) is 73.6 Å². The first-order valence-corrected chi connectivity index (χ1v) is 11.8. The minimum Gasteiger partial charge on any atom is -0.369 e. The standard InChI is InChI=1S/C23H36N6S/c1-19-8-7-9-22(16-19)29-14-12-28(13-15-29)11-6-5-10-25-23(24-3)27(4)17-21-18-30-20(2)26-21/h7-9,16,18H,5-6,10-15,17H2,1-4H3,(H,24,25). The summed E-state index contributed by atoms with van der Waals surface area (Å²) in [7, 11) is 3.91. The van der Waals surface area contributed by atoms with Crippen molar-refractivity contribution in [2.75, 3.05) is 58.3 Å². The van der Waals surface area contributed by atoms with Crippen molar-refractivity contribution in [2.24, 2.45) is 4.99 Å². The maximum atomic E-state index is 4.54. The summed E-state index contributed by atoms with van der Waals surface area (Å²) in [4.78, 5) is 16.2. The monoisotopic (exact) mass is 428 g/mol. The fourth-order valence-corrected chi connectivity index (χ4v) is 4.50. The zero-order chi connectivity index (χ0) is 21.3. The fourth-order valence-electron chi connectivity index (χ4n) is 3.90. The van der Waals surface area contributed by atoms with Crippen molar-refractivity contribution >= 4 is 23.0 Å². The number of benzene rings is 1. The van der Waals surface area contributed by atoms with E-state index in [0.29, 0.717) is 0 Å². The van der Waals surface area contributed by atoms with Gasteiger partial charge in [0.1, 0.15) is 0 Å². The van der Waals surface area contributed by atoms with E-state index in [4.69, 9.17) is 0 Å². The molecule has 30 heavy (non-hydrogen) atoms. The summed E-state index contributed by atoms with van der Waals surface area (Å²) in [5.74, 6) is 0.937. The third kappa shape index (κ3) is 6.71. The van der Waals surface area contributed by atoms with Crippen molar-refractivity contribution in [2.45, 2.75) is 33.2 Å². The van der Waals surface area contributed by atoms with Crippen LogP contribution in [0.3, 0.4) is 0 Å². The molecule has 1 aliphatic heterocycles. The number of nitrogens with zero attached hydrogens (tertiary/aromatic N) is 5. The fraction of sp³-hybridized carbons (Fsp3) is 0.565. The minimum absolute atomic E-state index is 0.787. The summed E-state index contributed by atoms with van der Waals surface area (Å²) in [6.45, 7) is 11.7. The van der Waals surface area contributed by atoms with E-state index in [0.717, 1.165) is 62.4 Å². The largest absolute Gasteiger partial charge is 0.369 e. The number of thiazole rings is 1. The number of aromatic nitrogens is 1. The molecule has 2 heterocycles. The molecule has 6 nitrogen and oxygen atoms in total. The second-order valence-electron chi connectivity index (χ2n) is 8.06. The number of aryl methyl sites for hydroxylation is 2. The molecule has 1 aliphatic rings. The number of piperazine rings is 1. The van der Waals surface area contributed by atoms with E-state index in [-0.39, 0.29) is 0 Å². The number of anilines is 1. The molecule has 3 rings (SSSR count). The van der Waals surface area contributed by atoms with Crippen LogP contribution in [0.25, 0.3) is 0 Å². The van der Waals surface area contributed by atoms with Crippen LogP contribution in [0.15, 0.2) is 34.6 Å². The van der Waals surface area contributed by atoms with Crippen LogP contribution in [-0.2, 0) is 6.54 Å². The van der Waals surface area contributed by atoms with Gasteiger partial charge in [-0.05, 0) is 50.9 Å². The number of aliphatic imine (C=N–C) groups is 1. The summed E-state index contributed by atoms with van der Waals surface area (Å²) in [6.07, 6.45) is 2.37. The average molecular weight is 429 g/mol. The van der Waals surface area contributed by atoms with E-state index in [1.54, 1.807) is 11.3 Å². The molecule has 2 aromatic rings. The van der Waals surface area contributed by atoms with Crippen LogP contribution in [0.4, 0.5) is 5.69 Å². The highest BCUT2D eigenvalue weighted by atomic mass is 32.1. The van der Waals surface area contributed by atoms with Crippen LogP contribution in [0.1, 0.15) is 29.1 Å². The molecule has 7 heteroatoms. The van der Waals surface area contributed by atoms with Gasteiger partial charge in [-0.3, -0.25) is 9.89 Å². The average Bonchev–Trinajstić information content (AvgIpc) is 3.15. The number of rotatable bonds is 8. The van der Waals surface area contributed by atoms with Gasteiger partial charge in [-0.15, -0.1) is 11.3 Å². The molecule has 0 amide bonds. The van der Waals surface area contributed by atoms with Gasteiger partial charge in [-0.25, -0.2) is 4.98 Å². The highest BCUT2D eigenvalue weighted by Gasteiger charge is 2.16. The normalized spacial score (nSPS) is 15.5. The lowest BCUT2D eigenvalue weighted by Gasteiger charge is -2.36. The van der Waals surface area contributed by atoms with Crippen molar-refractivity contribution in [3.63, 3.8) is 0 Å². The molecular weight excluding hydrogens is 392 g/mol. The number of unbranched alkanes of at least 4 members (excludes halogenated alkanes) is 1. The number of guanidine groups is 1. The third-order valence-corrected chi connectivity index (χ3v) is 6.38. The van der Waals surface area contributed by atoms with Crippen molar-refractivity contribution in [3.8, 4) is 0 Å². The van der Waals surface area contributed by atoms with Crippen LogP contribution in [0.5, 0.6) is 0 Å². The van der Waals surface area contributed by atoms with Crippen LogP contribution in [-0.4, -0.2) is 74.1 Å². The molecule has 1 fully saturated rings. The quantitative estimate of drug-likeness (QED) is 0.397. The van der Waals surface area contributed by atoms with Gasteiger partial charge in [0.15, 0.2) is 5.96 Å². The highest BCUT2D eigenvalue weighted by Crippen LogP contribution is 2.18. The smallest absolute Gasteiger partial charge is 0.193 e. The molecule has 0 aliphatic carbocycles. The molecular formula is C23H36N6S. The predicted octanol–water partition coefficient (Wildman–Crippen LogP) is 3.37. The Balaban J connectivity index is 1.30. The lowest BCUT2D eigenvalue weighted by atomic mass is 10.2. The van der Waals surface area contributed by atoms with E-state index in [9.17, 15) is 0 Å². The van der Waals surface area contributed by atoms with Gasteiger partial charge < -0.3 is 15.1 Å². The van der Waals surface area contributed by atoms with Gasteiger partial charge in [-0.1, -0.05) is 12.1 Å². The molecule has 0 bridgehead atoms. The summed E-state index contributed by atoms with van der Waals surface area (Å²) < 4.78 is 0. The van der Waals surface area contributed by atoms with Gasteiger partial charge in [0.25, 0.3) is 0 Å². The van der Waals surface area contributed by atoms with E-state index in [1.165, 1.54) is 24.2 Å². The summed E-state index contributed by atoms with van der Waals surface area (Å²) >= 11 is 1.70. The Hall–Kier alpha value is -2.12. The predicted molar refractivity (Wildman–Crippen MR) is 129 cm³/mol. The molecule has 1 saturated heterocycles. The van der Waals surface area contributed by atoms with Gasteiger partial charge in [-0.2, -0.15) is 0 Å². The van der Waals surface area contributed by atoms with Crippen LogP contribution >= 0.6 is 11.3 Å². The first-order valence-electron chi connectivity index (χ1n) is 10.9. The molecule has 0 unspecified atom stereocenters. The SMILES string of the molecule is CN=C(NCCCCN1CCN(c2cccc(C)c2)CC1)N(C)Cc1csc(C)n1. The van der Waals surface area contributed by atoms with E-state index >= 15 is 0 Å². The molecule has 0 radical (unpaired) electrons. The maximum absolute atomic E-state index is 4.54. The van der Waals surface area contributed by atoms with Gasteiger partial charge in [0, 0.05) is 57.9 Å². The van der Waals surface area contributed by atoms with Crippen LogP contribution in [0, 0.1) is 13.8 Å². The van der Waals surface area contributed by atoms with Crippen molar-refractivity contribution in [1.29, 1.82) is 0 Å². The summed E-state index contributed by atoms with van der Waals surface area (Å²) in [5.41, 5.74) is 3.81. The molecule has 0 spiro atoms. The van der Waals surface area contributed by atoms with Crippen LogP contribution in [0.2, 0.25) is 0 Å². The maximum Gasteiger partial charge on any atom is 0.193 e. The molecule has 0 saturated carbocycles. The minimum atomic E-state index is 0.787. The number of hydrogen-bond acceptors (Lipinski definition) is 5. The lowest BCUT2D eigenvalue weighted by Crippen LogP contribution is -2.46. The Kier molecular flexibility index (Phi) is 8.51.